The summed E-state index contributed by atoms with van der Waals surface area (Å²) in [6.07, 6.45) is 4.39. The highest BCUT2D eigenvalue weighted by atomic mass is 16.3. The molecule has 0 aliphatic carbocycles. The summed E-state index contributed by atoms with van der Waals surface area (Å²) < 4.78 is 0. The summed E-state index contributed by atoms with van der Waals surface area (Å²) in [6, 6.07) is 1.64. The average Bonchev–Trinajstić information content (AvgIpc) is 2.16. The van der Waals surface area contributed by atoms with Crippen molar-refractivity contribution in [2.75, 3.05) is 6.61 Å². The van der Waals surface area contributed by atoms with Crippen LogP contribution in [-0.2, 0) is 6.42 Å². The van der Waals surface area contributed by atoms with Crippen molar-refractivity contribution in [2.45, 2.75) is 19.4 Å². The predicted molar refractivity (Wildman–Crippen MR) is 47.6 cm³/mol. The van der Waals surface area contributed by atoms with Crippen molar-refractivity contribution < 1.29 is 5.11 Å². The second-order valence-corrected chi connectivity index (χ2v) is 2.72. The van der Waals surface area contributed by atoms with E-state index in [4.69, 9.17) is 10.8 Å². The minimum Gasteiger partial charge on any atom is -0.394 e. The second-order valence-electron chi connectivity index (χ2n) is 2.72. The number of hydrogen-bond acceptors (Lipinski definition) is 3. The highest BCUT2D eigenvalue weighted by Gasteiger charge is 2.07. The van der Waals surface area contributed by atoms with Crippen LogP contribution in [-0.4, -0.2) is 16.7 Å². The number of rotatable bonds is 3. The topological polar surface area (TPSA) is 59.1 Å². The Morgan fingerprint density at radius 1 is 1.67 bits per heavy atom. The van der Waals surface area contributed by atoms with Gasteiger partial charge in [0, 0.05) is 12.4 Å². The largest absolute Gasteiger partial charge is 0.394 e. The first-order chi connectivity index (χ1) is 5.79. The molecule has 0 saturated carbocycles. The molecule has 0 aliphatic rings. The third-order valence-corrected chi connectivity index (χ3v) is 1.92. The number of aryl methyl sites for hydroxylation is 1. The van der Waals surface area contributed by atoms with Crippen LogP contribution in [0.1, 0.15) is 24.1 Å². The number of aromatic nitrogens is 1. The summed E-state index contributed by atoms with van der Waals surface area (Å²) in [5.41, 5.74) is 7.79. The van der Waals surface area contributed by atoms with E-state index in [-0.39, 0.29) is 12.6 Å². The second kappa shape index (κ2) is 4.18. The summed E-state index contributed by atoms with van der Waals surface area (Å²) in [4.78, 5) is 3.97. The molecule has 0 unspecified atom stereocenters. The molecule has 1 rings (SSSR count). The molecule has 1 atom stereocenters. The monoisotopic (exact) mass is 166 g/mol. The van der Waals surface area contributed by atoms with Gasteiger partial charge in [-0.15, -0.1) is 0 Å². The molecule has 0 saturated heterocycles. The molecule has 0 aliphatic heterocycles. The Morgan fingerprint density at radius 3 is 3.00 bits per heavy atom. The van der Waals surface area contributed by atoms with Gasteiger partial charge in [0.15, 0.2) is 0 Å². The average molecular weight is 166 g/mol. The molecule has 1 aromatic heterocycles. The number of aliphatic hydroxyl groups is 1. The Kier molecular flexibility index (Phi) is 3.19. The van der Waals surface area contributed by atoms with E-state index in [1.807, 2.05) is 6.07 Å². The zero-order valence-electron chi connectivity index (χ0n) is 7.20. The Labute approximate surface area is 72.2 Å². The van der Waals surface area contributed by atoms with Gasteiger partial charge in [-0.1, -0.05) is 6.92 Å². The number of pyridine rings is 1. The number of hydrogen-bond donors (Lipinski definition) is 2. The van der Waals surface area contributed by atoms with Crippen LogP contribution < -0.4 is 5.73 Å². The molecule has 0 spiro atoms. The van der Waals surface area contributed by atoms with Gasteiger partial charge in [0.1, 0.15) is 0 Å². The van der Waals surface area contributed by atoms with Gasteiger partial charge < -0.3 is 10.8 Å². The highest BCUT2D eigenvalue weighted by Crippen LogP contribution is 2.14. The fraction of sp³-hybridized carbons (Fsp3) is 0.444. The SMILES string of the molecule is CCc1ccncc1[C@H](N)CO. The van der Waals surface area contributed by atoms with Crippen molar-refractivity contribution in [3.63, 3.8) is 0 Å². The number of nitrogens with two attached hydrogens (primary N) is 1. The van der Waals surface area contributed by atoms with Gasteiger partial charge in [-0.05, 0) is 23.6 Å². The van der Waals surface area contributed by atoms with Gasteiger partial charge in [0.25, 0.3) is 0 Å². The first kappa shape index (κ1) is 9.16. The fourth-order valence-electron chi connectivity index (χ4n) is 1.19. The molecule has 12 heavy (non-hydrogen) atoms. The van der Waals surface area contributed by atoms with E-state index in [1.54, 1.807) is 12.4 Å². The summed E-state index contributed by atoms with van der Waals surface area (Å²) >= 11 is 0. The normalized spacial score (nSPS) is 12.9. The maximum atomic E-state index is 8.86. The predicted octanol–water partition coefficient (Wildman–Crippen LogP) is 0.636. The Bertz CT molecular complexity index is 250. The molecule has 0 radical (unpaired) electrons. The van der Waals surface area contributed by atoms with E-state index < -0.39 is 0 Å². The molecule has 1 aromatic rings. The van der Waals surface area contributed by atoms with Crippen molar-refractivity contribution in [1.29, 1.82) is 0 Å². The smallest absolute Gasteiger partial charge is 0.0625 e. The van der Waals surface area contributed by atoms with Gasteiger partial charge in [-0.25, -0.2) is 0 Å². The number of aliphatic hydroxyl groups excluding tert-OH is 1. The minimum absolute atomic E-state index is 0.0291. The van der Waals surface area contributed by atoms with E-state index in [1.165, 1.54) is 0 Å². The standard InChI is InChI=1S/C9H14N2O/c1-2-7-3-4-11-5-8(7)9(10)6-12/h3-5,9,12H,2,6,10H2,1H3/t9-/m1/s1. The van der Waals surface area contributed by atoms with Crippen LogP contribution in [0, 0.1) is 0 Å². The van der Waals surface area contributed by atoms with E-state index in [9.17, 15) is 0 Å². The van der Waals surface area contributed by atoms with Crippen LogP contribution in [0.25, 0.3) is 0 Å². The van der Waals surface area contributed by atoms with Gasteiger partial charge in [0.2, 0.25) is 0 Å². The van der Waals surface area contributed by atoms with E-state index in [2.05, 4.69) is 11.9 Å². The van der Waals surface area contributed by atoms with Crippen LogP contribution in [0.4, 0.5) is 0 Å². The maximum Gasteiger partial charge on any atom is 0.0625 e. The van der Waals surface area contributed by atoms with Gasteiger partial charge in [-0.2, -0.15) is 0 Å². The van der Waals surface area contributed by atoms with Crippen molar-refractivity contribution in [3.05, 3.63) is 29.6 Å². The fourth-order valence-corrected chi connectivity index (χ4v) is 1.19. The van der Waals surface area contributed by atoms with Crippen LogP contribution in [0.15, 0.2) is 18.5 Å². The van der Waals surface area contributed by atoms with Crippen molar-refractivity contribution in [1.82, 2.24) is 4.98 Å². The lowest BCUT2D eigenvalue weighted by Gasteiger charge is -2.11. The first-order valence-electron chi connectivity index (χ1n) is 4.08. The molecule has 3 nitrogen and oxygen atoms in total. The Hall–Kier alpha value is -0.930. The van der Waals surface area contributed by atoms with E-state index >= 15 is 0 Å². The lowest BCUT2D eigenvalue weighted by Crippen LogP contribution is -2.16. The molecule has 1 heterocycles. The van der Waals surface area contributed by atoms with E-state index in [0.717, 1.165) is 17.5 Å². The van der Waals surface area contributed by atoms with E-state index in [0.29, 0.717) is 0 Å². The zero-order valence-corrected chi connectivity index (χ0v) is 7.20. The maximum absolute atomic E-state index is 8.86. The summed E-state index contributed by atoms with van der Waals surface area (Å²) in [7, 11) is 0. The quantitative estimate of drug-likeness (QED) is 0.692. The van der Waals surface area contributed by atoms with Crippen LogP contribution in [0.2, 0.25) is 0 Å². The van der Waals surface area contributed by atoms with Crippen LogP contribution in [0.5, 0.6) is 0 Å². The van der Waals surface area contributed by atoms with Gasteiger partial charge >= 0.3 is 0 Å². The lowest BCUT2D eigenvalue weighted by molar-refractivity contribution is 0.267. The lowest BCUT2D eigenvalue weighted by atomic mass is 10.0. The molecule has 0 aromatic carbocycles. The zero-order chi connectivity index (χ0) is 8.97. The molecule has 3 N–H and O–H groups in total. The van der Waals surface area contributed by atoms with Crippen molar-refractivity contribution in [2.24, 2.45) is 5.73 Å². The van der Waals surface area contributed by atoms with Gasteiger partial charge in [0.05, 0.1) is 12.6 Å². The summed E-state index contributed by atoms with van der Waals surface area (Å²) in [5.74, 6) is 0. The Balaban J connectivity index is 2.96. The van der Waals surface area contributed by atoms with Crippen LogP contribution >= 0.6 is 0 Å². The molecule has 3 heteroatoms. The van der Waals surface area contributed by atoms with Gasteiger partial charge in [-0.3, -0.25) is 4.98 Å². The Morgan fingerprint density at radius 2 is 2.42 bits per heavy atom. The number of nitrogens with zero attached hydrogens (tertiary/aromatic N) is 1. The minimum atomic E-state index is -0.298. The molecular formula is C9H14N2O. The van der Waals surface area contributed by atoms with Crippen LogP contribution in [0.3, 0.4) is 0 Å². The first-order valence-corrected chi connectivity index (χ1v) is 4.08. The molecule has 0 bridgehead atoms. The molecule has 0 amide bonds. The third-order valence-electron chi connectivity index (χ3n) is 1.92. The molecule has 66 valence electrons. The summed E-state index contributed by atoms with van der Waals surface area (Å²) in [5, 5.41) is 8.86. The summed E-state index contributed by atoms with van der Waals surface area (Å²) in [6.45, 7) is 2.03. The van der Waals surface area contributed by atoms with Crippen molar-refractivity contribution in [3.8, 4) is 0 Å². The highest BCUT2D eigenvalue weighted by molar-refractivity contribution is 5.26. The molecule has 0 fully saturated rings. The molecular weight excluding hydrogens is 152 g/mol. The third kappa shape index (κ3) is 1.81. The van der Waals surface area contributed by atoms with Crippen molar-refractivity contribution >= 4 is 0 Å².